The van der Waals surface area contributed by atoms with Gasteiger partial charge in [0, 0.05) is 27.9 Å². The number of carbonyl (C=O) groups is 4. The Bertz CT molecular complexity index is 1880. The Hall–Kier alpha value is -4.46. The third-order valence-electron chi connectivity index (χ3n) is 10.7. The summed E-state index contributed by atoms with van der Waals surface area (Å²) in [5.41, 5.74) is 0.576. The Kier molecular flexibility index (Phi) is 7.70. The van der Waals surface area contributed by atoms with Crippen molar-refractivity contribution in [1.29, 1.82) is 0 Å². The molecule has 3 N–H and O–H groups in total. The van der Waals surface area contributed by atoms with Crippen LogP contribution in [0, 0.1) is 11.8 Å². The first kappa shape index (κ1) is 30.2. The standard InChI is InChI=1S/C38H37BNO6/c1-19-3-7-21(8-4-19)39-35(41)27-15-11-23-26-14-18-30(38(45)46)34-28(36(42)40-22-9-5-20(2)6-10-22)16-12-24(32(26)34)25-13-17-29(37(43)44)33(27)31(23)25/h11-22H,3-10H2,1-2H3,(H,40,42)(H,43,44)(H,45,46). The number of nitrogens with one attached hydrogen (secondary N) is 1. The van der Waals surface area contributed by atoms with Crippen molar-refractivity contribution in [2.45, 2.75) is 77.1 Å². The van der Waals surface area contributed by atoms with E-state index in [0.29, 0.717) is 66.1 Å². The van der Waals surface area contributed by atoms with Crippen LogP contribution < -0.4 is 5.32 Å². The zero-order chi connectivity index (χ0) is 32.3. The summed E-state index contributed by atoms with van der Waals surface area (Å²) in [7, 11) is 1.77. The average Bonchev–Trinajstić information content (AvgIpc) is 3.04. The molecule has 2 fully saturated rings. The summed E-state index contributed by atoms with van der Waals surface area (Å²) in [5, 5.41) is 28.6. The van der Waals surface area contributed by atoms with Crippen LogP contribution in [0.15, 0.2) is 48.5 Å². The van der Waals surface area contributed by atoms with Gasteiger partial charge in [-0.05, 0) is 88.0 Å². The molecule has 0 saturated heterocycles. The van der Waals surface area contributed by atoms with E-state index in [-0.39, 0.29) is 34.6 Å². The number of rotatable bonds is 7. The van der Waals surface area contributed by atoms with Gasteiger partial charge in [0.2, 0.25) is 7.28 Å². The SMILES string of the molecule is CC1CCC([B]C(=O)c2ccc3c4ccc(C(=O)O)c5c(C(=O)NC6CCC(C)CC6)ccc(c6ccc(C(=O)O)c2c36)c54)CC1. The molecular weight excluding hydrogens is 577 g/mol. The molecule has 1 amide bonds. The van der Waals surface area contributed by atoms with Crippen LogP contribution in [0.3, 0.4) is 0 Å². The number of benzene rings is 5. The summed E-state index contributed by atoms with van der Waals surface area (Å²) in [6.07, 6.45) is 7.87. The monoisotopic (exact) mass is 614 g/mol. The highest BCUT2D eigenvalue weighted by Crippen LogP contribution is 2.44. The van der Waals surface area contributed by atoms with Gasteiger partial charge in [-0.1, -0.05) is 75.7 Å². The fourth-order valence-corrected chi connectivity index (χ4v) is 8.06. The highest BCUT2D eigenvalue weighted by Gasteiger charge is 2.29. The summed E-state index contributed by atoms with van der Waals surface area (Å²) in [4.78, 5) is 52.7. The lowest BCUT2D eigenvalue weighted by molar-refractivity contribution is 0.0688. The van der Waals surface area contributed by atoms with Gasteiger partial charge in [0.15, 0.2) is 0 Å². The molecule has 5 aromatic carbocycles. The second-order valence-electron chi connectivity index (χ2n) is 13.7. The quantitative estimate of drug-likeness (QED) is 0.0964. The summed E-state index contributed by atoms with van der Waals surface area (Å²) in [6, 6.07) is 13.6. The first-order chi connectivity index (χ1) is 22.1. The van der Waals surface area contributed by atoms with Gasteiger partial charge < -0.3 is 20.3 Å². The fourth-order valence-electron chi connectivity index (χ4n) is 8.06. The molecule has 0 aliphatic heterocycles. The van der Waals surface area contributed by atoms with Crippen LogP contribution in [0.1, 0.15) is 107 Å². The summed E-state index contributed by atoms with van der Waals surface area (Å²) in [5.74, 6) is -1.11. The second-order valence-corrected chi connectivity index (χ2v) is 13.7. The molecule has 46 heavy (non-hydrogen) atoms. The molecule has 1 radical (unpaired) electrons. The van der Waals surface area contributed by atoms with E-state index in [0.717, 1.165) is 51.4 Å². The minimum atomic E-state index is -1.13. The lowest BCUT2D eigenvalue weighted by Gasteiger charge is -2.27. The predicted octanol–water partition coefficient (Wildman–Crippen LogP) is 8.29. The van der Waals surface area contributed by atoms with Gasteiger partial charge in [-0.3, -0.25) is 4.79 Å². The number of carboxylic acids is 2. The second kappa shape index (κ2) is 11.7. The molecule has 7 rings (SSSR count). The van der Waals surface area contributed by atoms with Crippen LogP contribution in [-0.4, -0.2) is 47.1 Å². The topological polar surface area (TPSA) is 121 Å². The summed E-state index contributed by atoms with van der Waals surface area (Å²) < 4.78 is 0. The van der Waals surface area contributed by atoms with Crippen LogP contribution in [0.5, 0.6) is 0 Å². The first-order valence-electron chi connectivity index (χ1n) is 16.5. The van der Waals surface area contributed by atoms with E-state index in [2.05, 4.69) is 19.2 Å². The van der Waals surface area contributed by atoms with E-state index in [9.17, 15) is 29.4 Å². The largest absolute Gasteiger partial charge is 0.478 e. The summed E-state index contributed by atoms with van der Waals surface area (Å²) >= 11 is 0. The van der Waals surface area contributed by atoms with E-state index in [1.165, 1.54) is 12.1 Å². The van der Waals surface area contributed by atoms with Gasteiger partial charge >= 0.3 is 11.9 Å². The van der Waals surface area contributed by atoms with Gasteiger partial charge in [0.25, 0.3) is 5.91 Å². The molecule has 0 atom stereocenters. The number of hydrogen-bond acceptors (Lipinski definition) is 4. The lowest BCUT2D eigenvalue weighted by atomic mass is 9.54. The van der Waals surface area contributed by atoms with Gasteiger partial charge in [-0.2, -0.15) is 0 Å². The Balaban J connectivity index is 1.44. The highest BCUT2D eigenvalue weighted by atomic mass is 16.4. The van der Waals surface area contributed by atoms with Crippen molar-refractivity contribution in [2.75, 3.05) is 0 Å². The van der Waals surface area contributed by atoms with Crippen molar-refractivity contribution in [2.24, 2.45) is 11.8 Å². The molecule has 233 valence electrons. The first-order valence-corrected chi connectivity index (χ1v) is 16.5. The Morgan fingerprint density at radius 2 is 0.978 bits per heavy atom. The van der Waals surface area contributed by atoms with Crippen molar-refractivity contribution in [3.63, 3.8) is 0 Å². The van der Waals surface area contributed by atoms with Crippen LogP contribution in [0.2, 0.25) is 5.82 Å². The molecule has 0 spiro atoms. The van der Waals surface area contributed by atoms with Crippen LogP contribution in [0.4, 0.5) is 0 Å². The average molecular weight is 615 g/mol. The number of aromatic carboxylic acids is 2. The van der Waals surface area contributed by atoms with Crippen LogP contribution >= 0.6 is 0 Å². The van der Waals surface area contributed by atoms with Gasteiger partial charge in [-0.15, -0.1) is 0 Å². The number of hydrogen-bond donors (Lipinski definition) is 3. The third-order valence-corrected chi connectivity index (χ3v) is 10.7. The molecule has 2 saturated carbocycles. The smallest absolute Gasteiger partial charge is 0.336 e. The molecule has 2 aliphatic carbocycles. The molecule has 0 bridgehead atoms. The van der Waals surface area contributed by atoms with Crippen molar-refractivity contribution >= 4 is 73.9 Å². The molecule has 0 unspecified atom stereocenters. The van der Waals surface area contributed by atoms with Gasteiger partial charge in [0.05, 0.1) is 11.1 Å². The maximum absolute atomic E-state index is 13.8. The minimum Gasteiger partial charge on any atom is -0.478 e. The minimum absolute atomic E-state index is 0.0352. The van der Waals surface area contributed by atoms with Crippen LogP contribution in [-0.2, 0) is 0 Å². The molecule has 7 nitrogen and oxygen atoms in total. The number of fused-ring (bicyclic) bond motifs is 2. The van der Waals surface area contributed by atoms with Crippen molar-refractivity contribution in [3.05, 3.63) is 70.8 Å². The molecule has 8 heteroatoms. The van der Waals surface area contributed by atoms with E-state index in [1.807, 2.05) is 12.1 Å². The predicted molar refractivity (Wildman–Crippen MR) is 182 cm³/mol. The van der Waals surface area contributed by atoms with E-state index in [4.69, 9.17) is 0 Å². The lowest BCUT2D eigenvalue weighted by Crippen LogP contribution is -2.37. The fraction of sp³-hybridized carbons (Fsp3) is 0.368. The molecular formula is C38H37BNO6. The maximum atomic E-state index is 13.8. The van der Waals surface area contributed by atoms with E-state index < -0.39 is 11.9 Å². The van der Waals surface area contributed by atoms with Crippen molar-refractivity contribution in [1.82, 2.24) is 5.32 Å². The van der Waals surface area contributed by atoms with Crippen molar-refractivity contribution in [3.8, 4) is 0 Å². The van der Waals surface area contributed by atoms with E-state index in [1.54, 1.807) is 31.5 Å². The zero-order valence-corrected chi connectivity index (χ0v) is 26.2. The number of carboxylic acid groups (broad SMARTS) is 2. The molecule has 2 aliphatic rings. The molecule has 0 aromatic heterocycles. The van der Waals surface area contributed by atoms with E-state index >= 15 is 0 Å². The highest BCUT2D eigenvalue weighted by molar-refractivity contribution is 6.79. The number of carbonyl (C=O) groups excluding carboxylic acids is 2. The molecule has 0 heterocycles. The third kappa shape index (κ3) is 5.08. The number of amides is 1. The van der Waals surface area contributed by atoms with Crippen molar-refractivity contribution < 1.29 is 29.4 Å². The van der Waals surface area contributed by atoms with Gasteiger partial charge in [0.1, 0.15) is 5.68 Å². The Labute approximate surface area is 267 Å². The zero-order valence-electron chi connectivity index (χ0n) is 26.2. The van der Waals surface area contributed by atoms with Crippen LogP contribution in [0.25, 0.3) is 43.1 Å². The molecule has 5 aromatic rings. The normalized spacial score (nSPS) is 22.0. The maximum Gasteiger partial charge on any atom is 0.336 e. The Morgan fingerprint density at radius 3 is 1.46 bits per heavy atom. The Morgan fingerprint density at radius 1 is 0.565 bits per heavy atom. The summed E-state index contributed by atoms with van der Waals surface area (Å²) in [6.45, 7) is 4.45. The van der Waals surface area contributed by atoms with Gasteiger partial charge in [-0.25, -0.2) is 9.59 Å².